The lowest BCUT2D eigenvalue weighted by Crippen LogP contribution is -2.03. The number of carboxylic acids is 1. The van der Waals surface area contributed by atoms with Gasteiger partial charge in [0, 0.05) is 35.9 Å². The first-order chi connectivity index (χ1) is 10.2. The summed E-state index contributed by atoms with van der Waals surface area (Å²) in [5.41, 5.74) is 2.03. The van der Waals surface area contributed by atoms with E-state index in [0.717, 1.165) is 0 Å². The van der Waals surface area contributed by atoms with Crippen LogP contribution in [0.3, 0.4) is 0 Å². The van der Waals surface area contributed by atoms with Crippen LogP contribution in [0.1, 0.15) is 22.5 Å². The van der Waals surface area contributed by atoms with Gasteiger partial charge < -0.3 is 9.84 Å². The number of ether oxygens (including phenoxy) is 1. The highest BCUT2D eigenvalue weighted by molar-refractivity contribution is 5.96. The van der Waals surface area contributed by atoms with Crippen molar-refractivity contribution in [2.24, 2.45) is 0 Å². The number of para-hydroxylation sites is 1. The molecule has 0 radical (unpaired) electrons. The predicted molar refractivity (Wildman–Crippen MR) is 77.1 cm³/mol. The molecule has 1 heterocycles. The fourth-order valence-corrected chi connectivity index (χ4v) is 2.08. The van der Waals surface area contributed by atoms with Gasteiger partial charge in [0.1, 0.15) is 5.75 Å². The molecular weight excluding hydrogens is 268 g/mol. The van der Waals surface area contributed by atoms with E-state index in [9.17, 15) is 9.90 Å². The number of carbonyl (C=O) groups is 1. The Hall–Kier alpha value is -2.87. The van der Waals surface area contributed by atoms with Crippen LogP contribution in [0, 0.1) is 11.3 Å². The second kappa shape index (κ2) is 6.53. The van der Waals surface area contributed by atoms with E-state index in [4.69, 9.17) is 10.00 Å². The SMILES string of the molecule is COc1ccccc1-c1cc(CCC#N)ncc1C(=O)O. The van der Waals surface area contributed by atoms with E-state index < -0.39 is 5.97 Å². The second-order valence-electron chi connectivity index (χ2n) is 4.38. The number of methoxy groups -OCH3 is 1. The van der Waals surface area contributed by atoms with E-state index in [1.54, 1.807) is 18.2 Å². The Morgan fingerprint density at radius 3 is 2.81 bits per heavy atom. The summed E-state index contributed by atoms with van der Waals surface area (Å²) in [6.07, 6.45) is 2.15. The topological polar surface area (TPSA) is 83.2 Å². The summed E-state index contributed by atoms with van der Waals surface area (Å²) in [6, 6.07) is 11.0. The van der Waals surface area contributed by atoms with Gasteiger partial charge in [0.2, 0.25) is 0 Å². The van der Waals surface area contributed by atoms with Crippen molar-refractivity contribution in [1.82, 2.24) is 4.98 Å². The van der Waals surface area contributed by atoms with Crippen LogP contribution in [0.4, 0.5) is 0 Å². The largest absolute Gasteiger partial charge is 0.496 e. The molecule has 0 aliphatic rings. The van der Waals surface area contributed by atoms with Gasteiger partial charge in [-0.2, -0.15) is 5.26 Å². The van der Waals surface area contributed by atoms with Crippen LogP contribution >= 0.6 is 0 Å². The minimum absolute atomic E-state index is 0.111. The zero-order chi connectivity index (χ0) is 15.2. The molecule has 0 saturated carbocycles. The molecule has 0 aliphatic heterocycles. The summed E-state index contributed by atoms with van der Waals surface area (Å²) in [6.45, 7) is 0. The molecule has 5 nitrogen and oxygen atoms in total. The molecule has 0 amide bonds. The highest BCUT2D eigenvalue weighted by Gasteiger charge is 2.16. The third kappa shape index (κ3) is 3.18. The molecular formula is C16H14N2O3. The second-order valence-corrected chi connectivity index (χ2v) is 4.38. The molecule has 2 rings (SSSR count). The molecule has 0 unspecified atom stereocenters. The number of rotatable bonds is 5. The number of nitriles is 1. The first-order valence-electron chi connectivity index (χ1n) is 6.40. The fourth-order valence-electron chi connectivity index (χ4n) is 2.08. The quantitative estimate of drug-likeness (QED) is 0.911. The van der Waals surface area contributed by atoms with Crippen molar-refractivity contribution < 1.29 is 14.6 Å². The molecule has 0 fully saturated rings. The lowest BCUT2D eigenvalue weighted by Gasteiger charge is -2.12. The van der Waals surface area contributed by atoms with Crippen LogP contribution in [-0.2, 0) is 6.42 Å². The average molecular weight is 282 g/mol. The summed E-state index contributed by atoms with van der Waals surface area (Å²) < 4.78 is 5.29. The third-order valence-electron chi connectivity index (χ3n) is 3.08. The zero-order valence-electron chi connectivity index (χ0n) is 11.5. The van der Waals surface area contributed by atoms with Gasteiger partial charge in [-0.15, -0.1) is 0 Å². The normalized spacial score (nSPS) is 9.90. The molecule has 0 aliphatic carbocycles. The van der Waals surface area contributed by atoms with E-state index in [2.05, 4.69) is 11.1 Å². The van der Waals surface area contributed by atoms with Crippen LogP contribution in [0.5, 0.6) is 5.75 Å². The van der Waals surface area contributed by atoms with E-state index in [1.165, 1.54) is 13.3 Å². The van der Waals surface area contributed by atoms with Crippen molar-refractivity contribution >= 4 is 5.97 Å². The Morgan fingerprint density at radius 2 is 2.14 bits per heavy atom. The maximum absolute atomic E-state index is 11.4. The van der Waals surface area contributed by atoms with Crippen molar-refractivity contribution in [2.45, 2.75) is 12.8 Å². The van der Waals surface area contributed by atoms with Gasteiger partial charge in [0.25, 0.3) is 0 Å². The average Bonchev–Trinajstić information content (AvgIpc) is 2.52. The third-order valence-corrected chi connectivity index (χ3v) is 3.08. The van der Waals surface area contributed by atoms with Gasteiger partial charge >= 0.3 is 5.97 Å². The summed E-state index contributed by atoms with van der Waals surface area (Å²) in [5, 5.41) is 18.0. The van der Waals surface area contributed by atoms with E-state index >= 15 is 0 Å². The smallest absolute Gasteiger partial charge is 0.337 e. The number of carboxylic acid groups (broad SMARTS) is 1. The molecule has 1 aromatic carbocycles. The minimum Gasteiger partial charge on any atom is -0.496 e. The van der Waals surface area contributed by atoms with Crippen LogP contribution in [-0.4, -0.2) is 23.2 Å². The molecule has 106 valence electrons. The molecule has 2 aromatic rings. The summed E-state index contributed by atoms with van der Waals surface area (Å²) in [5.74, 6) is -0.451. The number of benzene rings is 1. The number of aromatic nitrogens is 1. The van der Waals surface area contributed by atoms with Crippen molar-refractivity contribution in [3.8, 4) is 22.9 Å². The summed E-state index contributed by atoms with van der Waals surface area (Å²) >= 11 is 0. The lowest BCUT2D eigenvalue weighted by molar-refractivity contribution is 0.0697. The number of pyridine rings is 1. The Balaban J connectivity index is 2.58. The Bertz CT molecular complexity index is 705. The summed E-state index contributed by atoms with van der Waals surface area (Å²) in [4.78, 5) is 15.5. The van der Waals surface area contributed by atoms with Crippen LogP contribution in [0.25, 0.3) is 11.1 Å². The number of nitrogens with zero attached hydrogens (tertiary/aromatic N) is 2. The van der Waals surface area contributed by atoms with Crippen LogP contribution in [0.15, 0.2) is 36.5 Å². The van der Waals surface area contributed by atoms with Crippen molar-refractivity contribution in [1.29, 1.82) is 5.26 Å². The van der Waals surface area contributed by atoms with E-state index in [1.807, 2.05) is 12.1 Å². The van der Waals surface area contributed by atoms with E-state index in [0.29, 0.717) is 35.4 Å². The highest BCUT2D eigenvalue weighted by Crippen LogP contribution is 2.32. The fraction of sp³-hybridized carbons (Fsp3) is 0.188. The number of aryl methyl sites for hydroxylation is 1. The molecule has 0 saturated heterocycles. The van der Waals surface area contributed by atoms with Gasteiger partial charge in [0.15, 0.2) is 0 Å². The highest BCUT2D eigenvalue weighted by atomic mass is 16.5. The Labute approximate surface area is 122 Å². The molecule has 0 bridgehead atoms. The molecule has 0 atom stereocenters. The Kier molecular flexibility index (Phi) is 4.52. The minimum atomic E-state index is -1.05. The number of hydrogen-bond acceptors (Lipinski definition) is 4. The molecule has 0 spiro atoms. The standard InChI is InChI=1S/C16H14N2O3/c1-21-15-7-3-2-6-12(15)13-9-11(5-4-8-17)18-10-14(13)16(19)20/h2-3,6-7,9-10H,4-5H2,1H3,(H,19,20). The zero-order valence-corrected chi connectivity index (χ0v) is 11.5. The monoisotopic (exact) mass is 282 g/mol. The first kappa shape index (κ1) is 14.5. The predicted octanol–water partition coefficient (Wildman–Crippen LogP) is 2.91. The van der Waals surface area contributed by atoms with Crippen LogP contribution < -0.4 is 4.74 Å². The maximum Gasteiger partial charge on any atom is 0.337 e. The molecule has 5 heteroatoms. The summed E-state index contributed by atoms with van der Waals surface area (Å²) in [7, 11) is 1.54. The number of aromatic carboxylic acids is 1. The van der Waals surface area contributed by atoms with E-state index in [-0.39, 0.29) is 5.56 Å². The van der Waals surface area contributed by atoms with Gasteiger partial charge in [-0.3, -0.25) is 4.98 Å². The van der Waals surface area contributed by atoms with Gasteiger partial charge in [-0.05, 0) is 12.1 Å². The van der Waals surface area contributed by atoms with Crippen LogP contribution in [0.2, 0.25) is 0 Å². The van der Waals surface area contributed by atoms with Gasteiger partial charge in [0.05, 0.1) is 18.7 Å². The molecule has 21 heavy (non-hydrogen) atoms. The maximum atomic E-state index is 11.4. The lowest BCUT2D eigenvalue weighted by atomic mass is 9.99. The van der Waals surface area contributed by atoms with Gasteiger partial charge in [-0.1, -0.05) is 18.2 Å². The number of hydrogen-bond donors (Lipinski definition) is 1. The van der Waals surface area contributed by atoms with Crippen molar-refractivity contribution in [2.75, 3.05) is 7.11 Å². The molecule has 1 N–H and O–H groups in total. The first-order valence-corrected chi connectivity index (χ1v) is 6.40. The molecule has 1 aromatic heterocycles. The van der Waals surface area contributed by atoms with Gasteiger partial charge in [-0.25, -0.2) is 4.79 Å². The Morgan fingerprint density at radius 1 is 1.38 bits per heavy atom. The van der Waals surface area contributed by atoms with Crippen molar-refractivity contribution in [3.05, 3.63) is 47.8 Å². The van der Waals surface area contributed by atoms with Crippen molar-refractivity contribution in [3.63, 3.8) is 0 Å².